The third-order valence-corrected chi connectivity index (χ3v) is 3.70. The molecule has 0 bridgehead atoms. The third-order valence-electron chi connectivity index (χ3n) is 2.81. The normalized spacial score (nSPS) is 12.8. The van der Waals surface area contributed by atoms with Crippen LogP contribution in [0.15, 0.2) is 24.0 Å². The highest BCUT2D eigenvalue weighted by Crippen LogP contribution is 2.19. The molecule has 0 spiro atoms. The van der Waals surface area contributed by atoms with E-state index in [-0.39, 0.29) is 0 Å². The van der Waals surface area contributed by atoms with E-state index in [4.69, 9.17) is 0 Å². The van der Waals surface area contributed by atoms with Crippen molar-refractivity contribution in [1.29, 1.82) is 0 Å². The van der Waals surface area contributed by atoms with Gasteiger partial charge in [-0.2, -0.15) is 0 Å². The van der Waals surface area contributed by atoms with Crippen LogP contribution in [-0.2, 0) is 13.1 Å². The van der Waals surface area contributed by atoms with E-state index < -0.39 is 0 Å². The number of aromatic nitrogens is 3. The predicted octanol–water partition coefficient (Wildman–Crippen LogP) is 2.60. The van der Waals surface area contributed by atoms with E-state index in [1.807, 2.05) is 24.0 Å². The molecule has 0 aliphatic carbocycles. The lowest BCUT2D eigenvalue weighted by atomic mass is 10.2. The van der Waals surface area contributed by atoms with E-state index >= 15 is 0 Å². The maximum absolute atomic E-state index is 4.36. The van der Waals surface area contributed by atoms with Gasteiger partial charge in [-0.25, -0.2) is 9.97 Å². The lowest BCUT2D eigenvalue weighted by molar-refractivity contribution is 0.495. The molecule has 1 unspecified atom stereocenters. The van der Waals surface area contributed by atoms with E-state index in [0.717, 1.165) is 30.3 Å². The molecule has 2 aromatic heterocycles. The Morgan fingerprint density at radius 3 is 2.88 bits per heavy atom. The summed E-state index contributed by atoms with van der Waals surface area (Å²) in [5.41, 5.74) is 0. The Labute approximate surface area is 106 Å². The van der Waals surface area contributed by atoms with Gasteiger partial charge in [0, 0.05) is 30.5 Å². The summed E-state index contributed by atoms with van der Waals surface area (Å²) in [7, 11) is 0. The van der Waals surface area contributed by atoms with Gasteiger partial charge < -0.3 is 9.88 Å². The summed E-state index contributed by atoms with van der Waals surface area (Å²) in [6, 6.07) is 0.331. The first-order valence-electron chi connectivity index (χ1n) is 5.98. The first-order valence-corrected chi connectivity index (χ1v) is 6.85. The van der Waals surface area contributed by atoms with Crippen molar-refractivity contribution in [2.75, 3.05) is 0 Å². The lowest BCUT2D eigenvalue weighted by Gasteiger charge is -2.14. The standard InChI is InChI=1S/C12H18N4S/c1-3-10(12-14-6-8-17-12)15-9-11-13-5-7-16(11)4-2/h5-8,10,15H,3-4,9H2,1-2H3. The van der Waals surface area contributed by atoms with Crippen LogP contribution in [0.3, 0.4) is 0 Å². The molecule has 0 saturated carbocycles. The zero-order valence-electron chi connectivity index (χ0n) is 10.3. The van der Waals surface area contributed by atoms with E-state index in [1.165, 1.54) is 0 Å². The highest BCUT2D eigenvalue weighted by molar-refractivity contribution is 7.09. The Balaban J connectivity index is 1.97. The van der Waals surface area contributed by atoms with Crippen molar-refractivity contribution in [3.63, 3.8) is 0 Å². The molecule has 2 rings (SSSR count). The minimum atomic E-state index is 0.331. The van der Waals surface area contributed by atoms with Gasteiger partial charge >= 0.3 is 0 Å². The summed E-state index contributed by atoms with van der Waals surface area (Å²) in [5.74, 6) is 1.09. The van der Waals surface area contributed by atoms with Crippen molar-refractivity contribution in [2.24, 2.45) is 0 Å². The van der Waals surface area contributed by atoms with Crippen LogP contribution in [0.5, 0.6) is 0 Å². The second-order valence-electron chi connectivity index (χ2n) is 3.84. The molecule has 0 aromatic carbocycles. The maximum Gasteiger partial charge on any atom is 0.122 e. The summed E-state index contributed by atoms with van der Waals surface area (Å²) in [6.07, 6.45) is 6.77. The fraction of sp³-hybridized carbons (Fsp3) is 0.500. The summed E-state index contributed by atoms with van der Waals surface area (Å²) in [5, 5.41) is 6.69. The van der Waals surface area contributed by atoms with Crippen molar-refractivity contribution >= 4 is 11.3 Å². The van der Waals surface area contributed by atoms with Gasteiger partial charge in [0.05, 0.1) is 12.6 Å². The third kappa shape index (κ3) is 2.92. The average molecular weight is 250 g/mol. The Kier molecular flexibility index (Phi) is 4.28. The Hall–Kier alpha value is -1.20. The monoisotopic (exact) mass is 250 g/mol. The highest BCUT2D eigenvalue weighted by atomic mass is 32.1. The molecule has 1 N–H and O–H groups in total. The van der Waals surface area contributed by atoms with Crippen LogP contribution in [0, 0.1) is 0 Å². The number of aryl methyl sites for hydroxylation is 1. The Bertz CT molecular complexity index is 435. The number of hydrogen-bond donors (Lipinski definition) is 1. The van der Waals surface area contributed by atoms with Gasteiger partial charge in [0.15, 0.2) is 0 Å². The first-order chi connectivity index (χ1) is 8.35. The number of nitrogens with zero attached hydrogens (tertiary/aromatic N) is 3. The van der Waals surface area contributed by atoms with Crippen molar-refractivity contribution < 1.29 is 0 Å². The van der Waals surface area contributed by atoms with Crippen LogP contribution in [-0.4, -0.2) is 14.5 Å². The van der Waals surface area contributed by atoms with Crippen molar-refractivity contribution in [2.45, 2.75) is 39.4 Å². The zero-order valence-corrected chi connectivity index (χ0v) is 11.1. The number of nitrogens with one attached hydrogen (secondary N) is 1. The number of thiazole rings is 1. The quantitative estimate of drug-likeness (QED) is 0.857. The van der Waals surface area contributed by atoms with Crippen molar-refractivity contribution in [1.82, 2.24) is 19.9 Å². The molecule has 0 fully saturated rings. The molecular weight excluding hydrogens is 232 g/mol. The zero-order chi connectivity index (χ0) is 12.1. The Morgan fingerprint density at radius 2 is 2.24 bits per heavy atom. The van der Waals surface area contributed by atoms with E-state index in [1.54, 1.807) is 11.3 Å². The second kappa shape index (κ2) is 5.93. The van der Waals surface area contributed by atoms with Crippen LogP contribution >= 0.6 is 11.3 Å². The summed E-state index contributed by atoms with van der Waals surface area (Å²) in [4.78, 5) is 8.72. The smallest absolute Gasteiger partial charge is 0.122 e. The molecule has 0 aliphatic rings. The summed E-state index contributed by atoms with van der Waals surface area (Å²) < 4.78 is 2.15. The predicted molar refractivity (Wildman–Crippen MR) is 69.9 cm³/mol. The molecule has 2 aromatic rings. The van der Waals surface area contributed by atoms with Crippen LogP contribution in [0.2, 0.25) is 0 Å². The molecule has 17 heavy (non-hydrogen) atoms. The van der Waals surface area contributed by atoms with Gasteiger partial charge in [-0.05, 0) is 13.3 Å². The molecule has 2 heterocycles. The van der Waals surface area contributed by atoms with Crippen LogP contribution in [0.4, 0.5) is 0 Å². The SMILES string of the molecule is CCC(NCc1nccn1CC)c1nccs1. The Morgan fingerprint density at radius 1 is 1.35 bits per heavy atom. The van der Waals surface area contributed by atoms with Crippen LogP contribution < -0.4 is 5.32 Å². The molecule has 0 aliphatic heterocycles. The number of imidazole rings is 1. The maximum atomic E-state index is 4.36. The van der Waals surface area contributed by atoms with E-state index in [9.17, 15) is 0 Å². The highest BCUT2D eigenvalue weighted by Gasteiger charge is 2.12. The van der Waals surface area contributed by atoms with Crippen LogP contribution in [0.1, 0.15) is 37.1 Å². The van der Waals surface area contributed by atoms with Gasteiger partial charge in [0.2, 0.25) is 0 Å². The minimum Gasteiger partial charge on any atom is -0.334 e. The summed E-state index contributed by atoms with van der Waals surface area (Å²) >= 11 is 1.70. The molecule has 1 atom stereocenters. The molecule has 0 radical (unpaired) electrons. The topological polar surface area (TPSA) is 42.7 Å². The van der Waals surface area contributed by atoms with Crippen molar-refractivity contribution in [3.8, 4) is 0 Å². The van der Waals surface area contributed by atoms with Gasteiger partial charge in [-0.3, -0.25) is 0 Å². The average Bonchev–Trinajstić information content (AvgIpc) is 2.99. The molecule has 4 nitrogen and oxygen atoms in total. The van der Waals surface area contributed by atoms with Gasteiger partial charge in [0.1, 0.15) is 10.8 Å². The number of rotatable bonds is 6. The fourth-order valence-corrected chi connectivity index (χ4v) is 2.62. The molecule has 0 amide bonds. The molecular formula is C12H18N4S. The molecule has 5 heteroatoms. The number of hydrogen-bond acceptors (Lipinski definition) is 4. The molecule has 92 valence electrons. The minimum absolute atomic E-state index is 0.331. The largest absolute Gasteiger partial charge is 0.334 e. The van der Waals surface area contributed by atoms with Crippen molar-refractivity contribution in [3.05, 3.63) is 34.8 Å². The first kappa shape index (κ1) is 12.3. The van der Waals surface area contributed by atoms with Gasteiger partial charge in [-0.1, -0.05) is 6.92 Å². The second-order valence-corrected chi connectivity index (χ2v) is 4.77. The van der Waals surface area contributed by atoms with E-state index in [2.05, 4.69) is 33.7 Å². The van der Waals surface area contributed by atoms with Crippen LogP contribution in [0.25, 0.3) is 0 Å². The van der Waals surface area contributed by atoms with Gasteiger partial charge in [0.25, 0.3) is 0 Å². The fourth-order valence-electron chi connectivity index (χ4n) is 1.82. The van der Waals surface area contributed by atoms with E-state index in [0.29, 0.717) is 6.04 Å². The van der Waals surface area contributed by atoms with Gasteiger partial charge in [-0.15, -0.1) is 11.3 Å². The summed E-state index contributed by atoms with van der Waals surface area (Å²) in [6.45, 7) is 6.05. The lowest BCUT2D eigenvalue weighted by Crippen LogP contribution is -2.22. The molecule has 0 saturated heterocycles.